The molecular formula is C11H14N2O5. The van der Waals surface area contributed by atoms with Gasteiger partial charge in [0.05, 0.1) is 13.2 Å². The van der Waals surface area contributed by atoms with Gasteiger partial charge in [0.25, 0.3) is 0 Å². The third-order valence-electron chi connectivity index (χ3n) is 2.04. The summed E-state index contributed by atoms with van der Waals surface area (Å²) in [6.45, 7) is 3.45. The van der Waals surface area contributed by atoms with E-state index in [-0.39, 0.29) is 24.3 Å². The second-order valence-corrected chi connectivity index (χ2v) is 3.30. The molecule has 0 aromatic carbocycles. The van der Waals surface area contributed by atoms with Gasteiger partial charge in [-0.05, 0) is 13.8 Å². The van der Waals surface area contributed by atoms with Crippen LogP contribution < -0.4 is 11.3 Å². The standard InChI is InChI=1S/C11H14N2O5/c1-3-17-10(15)7-5-13(12)6-8(9(7)14)11(16)18-4-2/h5-6H,3-4,12H2,1-2H3. The molecule has 0 atom stereocenters. The topological polar surface area (TPSA) is 101 Å². The van der Waals surface area contributed by atoms with Gasteiger partial charge in [0.2, 0.25) is 5.43 Å². The van der Waals surface area contributed by atoms with E-state index >= 15 is 0 Å². The molecule has 1 rings (SSSR count). The Morgan fingerprint density at radius 2 is 1.50 bits per heavy atom. The molecule has 7 nitrogen and oxygen atoms in total. The maximum Gasteiger partial charge on any atom is 0.343 e. The predicted molar refractivity (Wildman–Crippen MR) is 62.8 cm³/mol. The molecule has 0 saturated heterocycles. The molecule has 0 amide bonds. The number of nitrogen functional groups attached to an aromatic ring is 1. The molecule has 1 aromatic rings. The lowest BCUT2D eigenvalue weighted by Crippen LogP contribution is -2.28. The molecule has 0 spiro atoms. The molecule has 0 aliphatic carbocycles. The van der Waals surface area contributed by atoms with Gasteiger partial charge in [-0.1, -0.05) is 0 Å². The Morgan fingerprint density at radius 1 is 1.11 bits per heavy atom. The third-order valence-corrected chi connectivity index (χ3v) is 2.04. The van der Waals surface area contributed by atoms with Crippen LogP contribution in [0.4, 0.5) is 0 Å². The molecule has 0 bridgehead atoms. The number of rotatable bonds is 4. The van der Waals surface area contributed by atoms with Crippen LogP contribution in [0.25, 0.3) is 0 Å². The number of carbonyl (C=O) groups excluding carboxylic acids is 2. The summed E-state index contributed by atoms with van der Waals surface area (Å²) in [6, 6.07) is 0. The highest BCUT2D eigenvalue weighted by molar-refractivity contribution is 5.94. The SMILES string of the molecule is CCOC(=O)c1cn(N)cc(C(=O)OCC)c1=O. The van der Waals surface area contributed by atoms with Gasteiger partial charge in [-0.15, -0.1) is 0 Å². The number of carbonyl (C=O) groups is 2. The molecule has 0 aliphatic heterocycles. The molecular weight excluding hydrogens is 240 g/mol. The Hall–Kier alpha value is -2.31. The second kappa shape index (κ2) is 5.85. The van der Waals surface area contributed by atoms with E-state index in [9.17, 15) is 14.4 Å². The van der Waals surface area contributed by atoms with Crippen LogP contribution in [0, 0.1) is 0 Å². The van der Waals surface area contributed by atoms with Crippen molar-refractivity contribution in [3.8, 4) is 0 Å². The number of pyridine rings is 1. The van der Waals surface area contributed by atoms with Gasteiger partial charge in [0, 0.05) is 12.4 Å². The molecule has 7 heteroatoms. The highest BCUT2D eigenvalue weighted by Crippen LogP contribution is 2.00. The quantitative estimate of drug-likeness (QED) is 0.595. The fourth-order valence-corrected chi connectivity index (χ4v) is 1.31. The van der Waals surface area contributed by atoms with Crippen LogP contribution in [0.2, 0.25) is 0 Å². The van der Waals surface area contributed by atoms with Crippen molar-refractivity contribution in [1.29, 1.82) is 0 Å². The number of ether oxygens (including phenoxy) is 2. The number of hydrogen-bond acceptors (Lipinski definition) is 6. The normalized spacial score (nSPS) is 9.89. The van der Waals surface area contributed by atoms with Crippen molar-refractivity contribution in [1.82, 2.24) is 4.68 Å². The van der Waals surface area contributed by atoms with E-state index in [1.165, 1.54) is 0 Å². The minimum absolute atomic E-state index is 0.118. The average molecular weight is 254 g/mol. The Morgan fingerprint density at radius 3 is 1.83 bits per heavy atom. The molecule has 18 heavy (non-hydrogen) atoms. The Labute approximate surface area is 103 Å². The van der Waals surface area contributed by atoms with Crippen LogP contribution >= 0.6 is 0 Å². The summed E-state index contributed by atoms with van der Waals surface area (Å²) in [5.41, 5.74) is -1.36. The first-order valence-electron chi connectivity index (χ1n) is 5.36. The molecule has 1 aromatic heterocycles. The van der Waals surface area contributed by atoms with Gasteiger partial charge in [0.15, 0.2) is 0 Å². The fourth-order valence-electron chi connectivity index (χ4n) is 1.31. The number of nitrogens with zero attached hydrogens (tertiary/aromatic N) is 1. The Bertz CT molecular complexity index is 478. The second-order valence-electron chi connectivity index (χ2n) is 3.30. The molecule has 0 fully saturated rings. The summed E-state index contributed by atoms with van der Waals surface area (Å²) in [5, 5.41) is 0. The summed E-state index contributed by atoms with van der Waals surface area (Å²) in [6.07, 6.45) is 2.20. The number of esters is 2. The van der Waals surface area contributed by atoms with Crippen LogP contribution in [-0.4, -0.2) is 29.8 Å². The molecule has 0 radical (unpaired) electrons. The lowest BCUT2D eigenvalue weighted by Gasteiger charge is -2.07. The number of aromatic nitrogens is 1. The van der Waals surface area contributed by atoms with E-state index in [2.05, 4.69) is 0 Å². The van der Waals surface area contributed by atoms with Crippen molar-refractivity contribution in [2.45, 2.75) is 13.8 Å². The smallest absolute Gasteiger partial charge is 0.343 e. The highest BCUT2D eigenvalue weighted by Gasteiger charge is 2.20. The number of nitrogens with two attached hydrogens (primary N) is 1. The first-order valence-corrected chi connectivity index (χ1v) is 5.36. The maximum absolute atomic E-state index is 11.9. The lowest BCUT2D eigenvalue weighted by atomic mass is 10.2. The maximum atomic E-state index is 11.9. The van der Waals surface area contributed by atoms with E-state index in [1.807, 2.05) is 0 Å². The number of hydrogen-bond donors (Lipinski definition) is 1. The molecule has 98 valence electrons. The zero-order valence-electron chi connectivity index (χ0n) is 10.1. The van der Waals surface area contributed by atoms with E-state index in [1.54, 1.807) is 13.8 Å². The Kier molecular flexibility index (Phi) is 4.47. The summed E-state index contributed by atoms with van der Waals surface area (Å²) >= 11 is 0. The van der Waals surface area contributed by atoms with Gasteiger partial charge in [-0.25, -0.2) is 9.59 Å². The monoisotopic (exact) mass is 254 g/mol. The summed E-state index contributed by atoms with van der Waals surface area (Å²) in [7, 11) is 0. The third kappa shape index (κ3) is 2.88. The van der Waals surface area contributed by atoms with Gasteiger partial charge in [0.1, 0.15) is 11.1 Å². The van der Waals surface area contributed by atoms with Crippen LogP contribution in [0.3, 0.4) is 0 Å². The van der Waals surface area contributed by atoms with E-state index in [4.69, 9.17) is 15.3 Å². The van der Waals surface area contributed by atoms with Gasteiger partial charge < -0.3 is 15.3 Å². The molecule has 0 aliphatic rings. The first-order chi connectivity index (χ1) is 8.51. The fraction of sp³-hybridized carbons (Fsp3) is 0.364. The van der Waals surface area contributed by atoms with E-state index in [0.29, 0.717) is 0 Å². The highest BCUT2D eigenvalue weighted by atomic mass is 16.5. The molecule has 2 N–H and O–H groups in total. The Balaban J connectivity index is 3.26. The van der Waals surface area contributed by atoms with Crippen molar-refractivity contribution in [3.05, 3.63) is 33.7 Å². The van der Waals surface area contributed by atoms with Crippen LogP contribution in [0.15, 0.2) is 17.2 Å². The molecule has 0 saturated carbocycles. The predicted octanol–water partition coefficient (Wildman–Crippen LogP) is -0.0845. The van der Waals surface area contributed by atoms with E-state index < -0.39 is 17.4 Å². The summed E-state index contributed by atoms with van der Waals surface area (Å²) in [5.74, 6) is 3.81. The van der Waals surface area contributed by atoms with Crippen LogP contribution in [-0.2, 0) is 9.47 Å². The summed E-state index contributed by atoms with van der Waals surface area (Å²) < 4.78 is 10.3. The van der Waals surface area contributed by atoms with Gasteiger partial charge >= 0.3 is 11.9 Å². The van der Waals surface area contributed by atoms with Crippen molar-refractivity contribution in [2.24, 2.45) is 0 Å². The van der Waals surface area contributed by atoms with Crippen LogP contribution in [0.5, 0.6) is 0 Å². The van der Waals surface area contributed by atoms with E-state index in [0.717, 1.165) is 17.1 Å². The molecule has 1 heterocycles. The van der Waals surface area contributed by atoms with Gasteiger partial charge in [-0.2, -0.15) is 0 Å². The van der Waals surface area contributed by atoms with Crippen molar-refractivity contribution < 1.29 is 19.1 Å². The van der Waals surface area contributed by atoms with Crippen LogP contribution in [0.1, 0.15) is 34.6 Å². The molecule has 0 unspecified atom stereocenters. The zero-order valence-corrected chi connectivity index (χ0v) is 10.1. The first kappa shape index (κ1) is 13.8. The van der Waals surface area contributed by atoms with Crippen molar-refractivity contribution >= 4 is 11.9 Å². The summed E-state index contributed by atoms with van der Waals surface area (Å²) in [4.78, 5) is 34.9. The average Bonchev–Trinajstić information content (AvgIpc) is 2.32. The van der Waals surface area contributed by atoms with Gasteiger partial charge in [-0.3, -0.25) is 9.47 Å². The van der Waals surface area contributed by atoms with Crippen molar-refractivity contribution in [3.63, 3.8) is 0 Å². The lowest BCUT2D eigenvalue weighted by molar-refractivity contribution is 0.0520. The minimum atomic E-state index is -0.826. The zero-order chi connectivity index (χ0) is 13.7. The minimum Gasteiger partial charge on any atom is -0.462 e. The largest absolute Gasteiger partial charge is 0.462 e. The van der Waals surface area contributed by atoms with Crippen molar-refractivity contribution in [2.75, 3.05) is 19.1 Å².